The van der Waals surface area contributed by atoms with Crippen LogP contribution in [0.2, 0.25) is 0 Å². The third-order valence-corrected chi connectivity index (χ3v) is 1.69. The van der Waals surface area contributed by atoms with E-state index in [1.54, 1.807) is 25.7 Å². The van der Waals surface area contributed by atoms with E-state index in [1.807, 2.05) is 12.1 Å². The fraction of sp³-hybridized carbons (Fsp3) is 0.111. The SMILES string of the molecule is CNc1nc(-c2ccncc2)co1. The van der Waals surface area contributed by atoms with Gasteiger partial charge in [0.15, 0.2) is 0 Å². The molecule has 13 heavy (non-hydrogen) atoms. The predicted octanol–water partition coefficient (Wildman–Crippen LogP) is 1.78. The summed E-state index contributed by atoms with van der Waals surface area (Å²) in [5, 5.41) is 2.82. The van der Waals surface area contributed by atoms with Crippen molar-refractivity contribution < 1.29 is 4.42 Å². The van der Waals surface area contributed by atoms with Crippen LogP contribution in [0.1, 0.15) is 0 Å². The van der Waals surface area contributed by atoms with Gasteiger partial charge in [-0.15, -0.1) is 0 Å². The second-order valence-electron chi connectivity index (χ2n) is 2.52. The lowest BCUT2D eigenvalue weighted by Crippen LogP contribution is -1.86. The first-order valence-electron chi connectivity index (χ1n) is 3.94. The summed E-state index contributed by atoms with van der Waals surface area (Å²) in [5.74, 6) is 0. The Morgan fingerprint density at radius 2 is 2.08 bits per heavy atom. The lowest BCUT2D eigenvalue weighted by molar-refractivity contribution is 0.576. The van der Waals surface area contributed by atoms with Crippen LogP contribution in [0.5, 0.6) is 0 Å². The Bertz CT molecular complexity index is 383. The normalized spacial score (nSPS) is 9.92. The van der Waals surface area contributed by atoms with Gasteiger partial charge in [0.05, 0.1) is 0 Å². The molecular weight excluding hydrogens is 166 g/mol. The smallest absolute Gasteiger partial charge is 0.294 e. The quantitative estimate of drug-likeness (QED) is 0.755. The molecule has 0 saturated heterocycles. The van der Waals surface area contributed by atoms with Gasteiger partial charge >= 0.3 is 0 Å². The minimum absolute atomic E-state index is 0.520. The number of pyridine rings is 1. The van der Waals surface area contributed by atoms with Crippen LogP contribution in [0, 0.1) is 0 Å². The van der Waals surface area contributed by atoms with E-state index in [1.165, 1.54) is 0 Å². The van der Waals surface area contributed by atoms with Crippen molar-refractivity contribution in [1.29, 1.82) is 0 Å². The molecule has 0 saturated carbocycles. The van der Waals surface area contributed by atoms with Gasteiger partial charge in [-0.05, 0) is 12.1 Å². The maximum atomic E-state index is 5.13. The lowest BCUT2D eigenvalue weighted by Gasteiger charge is -1.91. The zero-order valence-corrected chi connectivity index (χ0v) is 7.19. The molecular formula is C9H9N3O. The van der Waals surface area contributed by atoms with Crippen molar-refractivity contribution in [2.75, 3.05) is 12.4 Å². The maximum Gasteiger partial charge on any atom is 0.294 e. The Hall–Kier alpha value is -1.84. The van der Waals surface area contributed by atoms with Gasteiger partial charge < -0.3 is 9.73 Å². The predicted molar refractivity (Wildman–Crippen MR) is 49.3 cm³/mol. The summed E-state index contributed by atoms with van der Waals surface area (Å²) in [6, 6.07) is 4.29. The van der Waals surface area contributed by atoms with Crippen molar-refractivity contribution in [3.05, 3.63) is 30.8 Å². The Balaban J connectivity index is 2.36. The Morgan fingerprint density at radius 1 is 1.31 bits per heavy atom. The lowest BCUT2D eigenvalue weighted by atomic mass is 10.2. The highest BCUT2D eigenvalue weighted by Gasteiger charge is 2.03. The fourth-order valence-electron chi connectivity index (χ4n) is 1.04. The van der Waals surface area contributed by atoms with Crippen LogP contribution in [-0.4, -0.2) is 17.0 Å². The van der Waals surface area contributed by atoms with E-state index in [2.05, 4.69) is 15.3 Å². The van der Waals surface area contributed by atoms with Crippen molar-refractivity contribution in [3.63, 3.8) is 0 Å². The average molecular weight is 175 g/mol. The van der Waals surface area contributed by atoms with Crippen molar-refractivity contribution in [1.82, 2.24) is 9.97 Å². The van der Waals surface area contributed by atoms with E-state index in [9.17, 15) is 0 Å². The number of oxazole rings is 1. The Kier molecular flexibility index (Phi) is 1.96. The molecule has 0 spiro atoms. The number of hydrogen-bond donors (Lipinski definition) is 1. The standard InChI is InChI=1S/C9H9N3O/c1-10-9-12-8(6-13-9)7-2-4-11-5-3-7/h2-6H,1H3,(H,10,12). The minimum Gasteiger partial charge on any atom is -0.432 e. The third-order valence-electron chi connectivity index (χ3n) is 1.69. The van der Waals surface area contributed by atoms with Gasteiger partial charge in [-0.25, -0.2) is 0 Å². The molecule has 0 aliphatic heterocycles. The van der Waals surface area contributed by atoms with Gasteiger partial charge in [-0.1, -0.05) is 0 Å². The van der Waals surface area contributed by atoms with Gasteiger partial charge in [-0.2, -0.15) is 4.98 Å². The molecule has 1 N–H and O–H groups in total. The molecule has 0 bridgehead atoms. The number of rotatable bonds is 2. The molecule has 4 heteroatoms. The fourth-order valence-corrected chi connectivity index (χ4v) is 1.04. The highest BCUT2D eigenvalue weighted by atomic mass is 16.4. The number of aromatic nitrogens is 2. The van der Waals surface area contributed by atoms with Crippen LogP contribution in [0.25, 0.3) is 11.3 Å². The second-order valence-corrected chi connectivity index (χ2v) is 2.52. The number of hydrogen-bond acceptors (Lipinski definition) is 4. The van der Waals surface area contributed by atoms with Gasteiger partial charge in [0.2, 0.25) is 0 Å². The zero-order chi connectivity index (χ0) is 9.10. The van der Waals surface area contributed by atoms with E-state index in [0.29, 0.717) is 6.01 Å². The molecule has 0 atom stereocenters. The highest BCUT2D eigenvalue weighted by molar-refractivity contribution is 5.58. The van der Waals surface area contributed by atoms with Crippen molar-refractivity contribution in [2.24, 2.45) is 0 Å². The summed E-state index contributed by atoms with van der Waals surface area (Å²) in [6.45, 7) is 0. The second kappa shape index (κ2) is 3.26. The molecule has 2 aromatic rings. The summed E-state index contributed by atoms with van der Waals surface area (Å²) >= 11 is 0. The number of nitrogens with one attached hydrogen (secondary N) is 1. The molecule has 66 valence electrons. The average Bonchev–Trinajstić information content (AvgIpc) is 2.67. The van der Waals surface area contributed by atoms with Crippen molar-refractivity contribution >= 4 is 6.01 Å². The molecule has 2 aromatic heterocycles. The molecule has 4 nitrogen and oxygen atoms in total. The van der Waals surface area contributed by atoms with Crippen molar-refractivity contribution in [3.8, 4) is 11.3 Å². The molecule has 0 radical (unpaired) electrons. The van der Waals surface area contributed by atoms with Crippen LogP contribution in [0.3, 0.4) is 0 Å². The monoisotopic (exact) mass is 175 g/mol. The first-order valence-corrected chi connectivity index (χ1v) is 3.94. The van der Waals surface area contributed by atoms with Gasteiger partial charge in [-0.3, -0.25) is 4.98 Å². The van der Waals surface area contributed by atoms with Crippen LogP contribution in [0.15, 0.2) is 35.2 Å². The first-order chi connectivity index (χ1) is 6.40. The molecule has 2 rings (SSSR count). The Morgan fingerprint density at radius 3 is 2.69 bits per heavy atom. The van der Waals surface area contributed by atoms with E-state index in [4.69, 9.17) is 4.42 Å². The van der Waals surface area contributed by atoms with Gasteiger partial charge in [0.1, 0.15) is 12.0 Å². The van der Waals surface area contributed by atoms with Gasteiger partial charge in [0.25, 0.3) is 6.01 Å². The molecule has 0 fully saturated rings. The van der Waals surface area contributed by atoms with Crippen molar-refractivity contribution in [2.45, 2.75) is 0 Å². The summed E-state index contributed by atoms with van der Waals surface area (Å²) in [4.78, 5) is 8.12. The summed E-state index contributed by atoms with van der Waals surface area (Å²) in [5.41, 5.74) is 1.81. The Labute approximate surface area is 75.6 Å². The van der Waals surface area contributed by atoms with Crippen LogP contribution in [0.4, 0.5) is 6.01 Å². The summed E-state index contributed by atoms with van der Waals surface area (Å²) in [7, 11) is 1.77. The first kappa shape index (κ1) is 7.79. The highest BCUT2D eigenvalue weighted by Crippen LogP contribution is 2.18. The van der Waals surface area contributed by atoms with E-state index in [-0.39, 0.29) is 0 Å². The topological polar surface area (TPSA) is 51.0 Å². The third kappa shape index (κ3) is 1.51. The molecule has 0 aliphatic rings. The minimum atomic E-state index is 0.520. The van der Waals surface area contributed by atoms with Crippen LogP contribution < -0.4 is 5.32 Å². The van der Waals surface area contributed by atoms with Gasteiger partial charge in [0, 0.05) is 25.0 Å². The molecule has 0 amide bonds. The number of anilines is 1. The molecule has 0 aliphatic carbocycles. The van der Waals surface area contributed by atoms with E-state index >= 15 is 0 Å². The summed E-state index contributed by atoms with van der Waals surface area (Å²) in [6.07, 6.45) is 5.06. The molecule has 2 heterocycles. The largest absolute Gasteiger partial charge is 0.432 e. The van der Waals surface area contributed by atoms with E-state index in [0.717, 1.165) is 11.3 Å². The number of nitrogens with zero attached hydrogens (tertiary/aromatic N) is 2. The molecule has 0 aromatic carbocycles. The van der Waals surface area contributed by atoms with E-state index < -0.39 is 0 Å². The van der Waals surface area contributed by atoms with Crippen LogP contribution in [-0.2, 0) is 0 Å². The molecule has 0 unspecified atom stereocenters. The maximum absolute atomic E-state index is 5.13. The zero-order valence-electron chi connectivity index (χ0n) is 7.19. The summed E-state index contributed by atoms with van der Waals surface area (Å²) < 4.78 is 5.13. The van der Waals surface area contributed by atoms with Crippen LogP contribution >= 0.6 is 0 Å².